The molecule has 156 valence electrons. The number of hydrogen-bond donors (Lipinski definition) is 1. The van der Waals surface area contributed by atoms with E-state index in [4.69, 9.17) is 11.6 Å². The summed E-state index contributed by atoms with van der Waals surface area (Å²) < 4.78 is 1.66. The number of aromatic nitrogens is 4. The number of para-hydroxylation sites is 1. The number of carbonyl (C=O) groups excluding carboxylic acids is 1. The van der Waals surface area contributed by atoms with Crippen LogP contribution in [0.5, 0.6) is 0 Å². The summed E-state index contributed by atoms with van der Waals surface area (Å²) in [5.74, 6) is 0.448. The van der Waals surface area contributed by atoms with Crippen molar-refractivity contribution < 1.29 is 4.79 Å². The fourth-order valence-electron chi connectivity index (χ4n) is 3.71. The lowest BCUT2D eigenvalue weighted by atomic mass is 10.2. The molecular weight excluding hydrogens is 416 g/mol. The summed E-state index contributed by atoms with van der Waals surface area (Å²) in [6, 6.07) is 16.5. The molecule has 1 amide bonds. The molecular formula is C22H19ClN6O2. The minimum absolute atomic E-state index is 0.0321. The van der Waals surface area contributed by atoms with E-state index in [1.807, 2.05) is 35.2 Å². The van der Waals surface area contributed by atoms with Crippen molar-refractivity contribution in [3.63, 3.8) is 0 Å². The molecule has 1 N–H and O–H groups in total. The summed E-state index contributed by atoms with van der Waals surface area (Å²) in [4.78, 5) is 36.7. The van der Waals surface area contributed by atoms with Gasteiger partial charge in [-0.1, -0.05) is 29.8 Å². The molecule has 4 aromatic rings. The maximum Gasteiger partial charge on any atom is 0.263 e. The van der Waals surface area contributed by atoms with Crippen LogP contribution in [0.3, 0.4) is 0 Å². The maximum absolute atomic E-state index is 12.7. The molecule has 2 aromatic carbocycles. The van der Waals surface area contributed by atoms with E-state index in [2.05, 4.69) is 15.1 Å². The molecule has 2 aromatic heterocycles. The predicted molar refractivity (Wildman–Crippen MR) is 119 cm³/mol. The van der Waals surface area contributed by atoms with E-state index in [0.29, 0.717) is 53.7 Å². The van der Waals surface area contributed by atoms with Crippen molar-refractivity contribution in [2.24, 2.45) is 0 Å². The molecule has 1 aliphatic rings. The number of fused-ring (bicyclic) bond motifs is 1. The lowest BCUT2D eigenvalue weighted by Gasteiger charge is -2.35. The molecule has 1 fully saturated rings. The van der Waals surface area contributed by atoms with Crippen molar-refractivity contribution in [1.29, 1.82) is 0 Å². The number of amides is 1. The minimum atomic E-state index is -0.234. The number of piperazine rings is 1. The van der Waals surface area contributed by atoms with Gasteiger partial charge in [0.2, 0.25) is 5.95 Å². The number of anilines is 1. The van der Waals surface area contributed by atoms with E-state index in [0.717, 1.165) is 5.69 Å². The number of carbonyl (C=O) groups is 1. The van der Waals surface area contributed by atoms with Crippen LogP contribution in [-0.4, -0.2) is 56.7 Å². The van der Waals surface area contributed by atoms with E-state index in [1.54, 1.807) is 33.8 Å². The first-order valence-corrected chi connectivity index (χ1v) is 10.3. The van der Waals surface area contributed by atoms with E-state index >= 15 is 0 Å². The van der Waals surface area contributed by atoms with Crippen molar-refractivity contribution in [2.45, 2.75) is 0 Å². The zero-order valence-electron chi connectivity index (χ0n) is 16.5. The highest BCUT2D eigenvalue weighted by Gasteiger charge is 2.24. The number of nitrogens with zero attached hydrogens (tertiary/aromatic N) is 5. The Labute approximate surface area is 182 Å². The average molecular weight is 435 g/mol. The van der Waals surface area contributed by atoms with E-state index in [9.17, 15) is 9.59 Å². The van der Waals surface area contributed by atoms with Crippen LogP contribution >= 0.6 is 11.6 Å². The highest BCUT2D eigenvalue weighted by molar-refractivity contribution is 6.30. The van der Waals surface area contributed by atoms with Crippen molar-refractivity contribution in [2.75, 3.05) is 31.1 Å². The first-order valence-electron chi connectivity index (χ1n) is 9.93. The van der Waals surface area contributed by atoms with Crippen LogP contribution in [0, 0.1) is 0 Å². The Bertz CT molecular complexity index is 1290. The zero-order valence-corrected chi connectivity index (χ0v) is 17.3. The summed E-state index contributed by atoms with van der Waals surface area (Å²) in [5.41, 5.74) is 1.71. The Balaban J connectivity index is 1.38. The lowest BCUT2D eigenvalue weighted by molar-refractivity contribution is 0.0746. The summed E-state index contributed by atoms with van der Waals surface area (Å²) >= 11 is 5.91. The van der Waals surface area contributed by atoms with Crippen molar-refractivity contribution >= 4 is 34.5 Å². The van der Waals surface area contributed by atoms with Gasteiger partial charge < -0.3 is 9.80 Å². The molecule has 1 aliphatic heterocycles. The average Bonchev–Trinajstić information content (AvgIpc) is 3.24. The van der Waals surface area contributed by atoms with Gasteiger partial charge in [0, 0.05) is 36.8 Å². The van der Waals surface area contributed by atoms with Crippen LogP contribution < -0.4 is 10.5 Å². The number of hydrogen-bond acceptors (Lipinski definition) is 5. The Morgan fingerprint density at radius 3 is 2.39 bits per heavy atom. The SMILES string of the molecule is O=C(c1ccc(Cl)cc1)N1CCN(c2nc3c(cnn3-c3ccccc3)c(=O)[nH]2)CC1. The van der Waals surface area contributed by atoms with Crippen LogP contribution in [0.15, 0.2) is 65.6 Å². The van der Waals surface area contributed by atoms with Crippen LogP contribution in [-0.2, 0) is 0 Å². The molecule has 9 heteroatoms. The number of rotatable bonds is 3. The Kier molecular flexibility index (Phi) is 4.91. The third-order valence-corrected chi connectivity index (χ3v) is 5.64. The fraction of sp³-hybridized carbons (Fsp3) is 0.182. The predicted octanol–water partition coefficient (Wildman–Crippen LogP) is 2.72. The maximum atomic E-state index is 12.7. The van der Waals surface area contributed by atoms with Crippen LogP contribution in [0.2, 0.25) is 5.02 Å². The summed E-state index contributed by atoms with van der Waals surface area (Å²) in [6.45, 7) is 2.18. The fourth-order valence-corrected chi connectivity index (χ4v) is 3.84. The Hall–Kier alpha value is -3.65. The van der Waals surface area contributed by atoms with Crippen molar-refractivity contribution in [1.82, 2.24) is 24.6 Å². The third kappa shape index (κ3) is 3.66. The number of benzene rings is 2. The minimum Gasteiger partial charge on any atom is -0.339 e. The molecule has 0 aliphatic carbocycles. The van der Waals surface area contributed by atoms with E-state index in [1.165, 1.54) is 6.20 Å². The summed E-state index contributed by atoms with van der Waals surface area (Å²) in [7, 11) is 0. The summed E-state index contributed by atoms with van der Waals surface area (Å²) in [6.07, 6.45) is 1.53. The van der Waals surface area contributed by atoms with E-state index < -0.39 is 0 Å². The first-order chi connectivity index (χ1) is 15.1. The molecule has 0 spiro atoms. The zero-order chi connectivity index (χ0) is 21.4. The van der Waals surface area contributed by atoms with Gasteiger partial charge in [-0.15, -0.1) is 0 Å². The topological polar surface area (TPSA) is 87.1 Å². The number of aromatic amines is 1. The van der Waals surface area contributed by atoms with Gasteiger partial charge in [-0.3, -0.25) is 14.6 Å². The second-order valence-corrected chi connectivity index (χ2v) is 7.74. The molecule has 3 heterocycles. The van der Waals surface area contributed by atoms with Crippen molar-refractivity contribution in [3.05, 3.63) is 81.7 Å². The monoisotopic (exact) mass is 434 g/mol. The van der Waals surface area contributed by atoms with Gasteiger partial charge in [0.25, 0.3) is 11.5 Å². The molecule has 0 saturated carbocycles. The standard InChI is InChI=1S/C22H19ClN6O2/c23-16-8-6-15(7-9-16)21(31)27-10-12-28(13-11-27)22-25-19-18(20(30)26-22)14-24-29(19)17-4-2-1-3-5-17/h1-9,14H,10-13H2,(H,25,26,30). The molecule has 0 unspecified atom stereocenters. The van der Waals surface area contributed by atoms with Gasteiger partial charge in [0.05, 0.1) is 11.9 Å². The molecule has 31 heavy (non-hydrogen) atoms. The molecule has 0 atom stereocenters. The molecule has 0 radical (unpaired) electrons. The Morgan fingerprint density at radius 1 is 0.968 bits per heavy atom. The van der Waals surface area contributed by atoms with Crippen LogP contribution in [0.1, 0.15) is 10.4 Å². The van der Waals surface area contributed by atoms with E-state index in [-0.39, 0.29) is 11.5 Å². The largest absolute Gasteiger partial charge is 0.339 e. The number of H-pyrrole nitrogens is 1. The molecule has 5 rings (SSSR count). The lowest BCUT2D eigenvalue weighted by Crippen LogP contribution is -2.49. The second kappa shape index (κ2) is 7.88. The molecule has 0 bridgehead atoms. The summed E-state index contributed by atoms with van der Waals surface area (Å²) in [5, 5.41) is 5.37. The van der Waals surface area contributed by atoms with Crippen molar-refractivity contribution in [3.8, 4) is 5.69 Å². The molecule has 1 saturated heterocycles. The second-order valence-electron chi connectivity index (χ2n) is 7.30. The van der Waals surface area contributed by atoms with Gasteiger partial charge in [-0.2, -0.15) is 10.1 Å². The van der Waals surface area contributed by atoms with Crippen LogP contribution in [0.25, 0.3) is 16.7 Å². The Morgan fingerprint density at radius 2 is 1.68 bits per heavy atom. The molecule has 8 nitrogen and oxygen atoms in total. The van der Waals surface area contributed by atoms with Gasteiger partial charge >= 0.3 is 0 Å². The normalized spacial score (nSPS) is 14.2. The third-order valence-electron chi connectivity index (χ3n) is 5.38. The first kappa shape index (κ1) is 19.3. The smallest absolute Gasteiger partial charge is 0.263 e. The number of nitrogens with one attached hydrogen (secondary N) is 1. The quantitative estimate of drug-likeness (QED) is 0.535. The highest BCUT2D eigenvalue weighted by atomic mass is 35.5. The van der Waals surface area contributed by atoms with Gasteiger partial charge in [-0.05, 0) is 36.4 Å². The van der Waals surface area contributed by atoms with Gasteiger partial charge in [0.1, 0.15) is 5.39 Å². The highest BCUT2D eigenvalue weighted by Crippen LogP contribution is 2.18. The number of halogens is 1. The van der Waals surface area contributed by atoms with Crippen LogP contribution in [0.4, 0.5) is 5.95 Å². The van der Waals surface area contributed by atoms with Gasteiger partial charge in [0.15, 0.2) is 5.65 Å². The van der Waals surface area contributed by atoms with Gasteiger partial charge in [-0.25, -0.2) is 4.68 Å².